The molecule has 3 rings (SSSR count). The van der Waals surface area contributed by atoms with Crippen LogP contribution in [0.5, 0.6) is 11.5 Å². The summed E-state index contributed by atoms with van der Waals surface area (Å²) in [6, 6.07) is 7.47. The van der Waals surface area contributed by atoms with E-state index in [1.807, 2.05) is 49.9 Å². The number of methoxy groups -OCH3 is 2. The van der Waals surface area contributed by atoms with Gasteiger partial charge < -0.3 is 24.1 Å². The summed E-state index contributed by atoms with van der Waals surface area (Å²) in [6.07, 6.45) is 1.85. The Hall–Kier alpha value is -2.63. The van der Waals surface area contributed by atoms with E-state index in [0.717, 1.165) is 47.0 Å². The Morgan fingerprint density at radius 3 is 2.67 bits per heavy atom. The van der Waals surface area contributed by atoms with Crippen molar-refractivity contribution in [2.75, 3.05) is 20.8 Å². The molecule has 2 aromatic rings. The van der Waals surface area contributed by atoms with Gasteiger partial charge in [-0.3, -0.25) is 0 Å². The molecule has 0 aliphatic carbocycles. The van der Waals surface area contributed by atoms with Crippen LogP contribution in [0.4, 0.5) is 4.79 Å². The number of furan rings is 1. The Morgan fingerprint density at radius 2 is 2.04 bits per heavy atom. The number of nitrogens with zero attached hydrogens (tertiary/aromatic N) is 1. The molecule has 0 spiro atoms. The molecule has 1 saturated heterocycles. The Morgan fingerprint density at radius 1 is 1.26 bits per heavy atom. The molecule has 1 fully saturated rings. The van der Waals surface area contributed by atoms with Crippen LogP contribution in [0.1, 0.15) is 54.5 Å². The quantitative estimate of drug-likeness (QED) is 0.838. The maximum atomic E-state index is 13.0. The summed E-state index contributed by atoms with van der Waals surface area (Å²) in [4.78, 5) is 14.9. The van der Waals surface area contributed by atoms with Crippen molar-refractivity contribution in [1.29, 1.82) is 0 Å². The first-order valence-electron chi connectivity index (χ1n) is 9.30. The number of rotatable bonds is 5. The first-order chi connectivity index (χ1) is 12.9. The number of carbonyl (C=O) groups excluding carboxylic acids is 1. The molecule has 1 aliphatic rings. The number of nitrogens with one attached hydrogen (secondary N) is 1. The Kier molecular flexibility index (Phi) is 5.63. The zero-order valence-electron chi connectivity index (χ0n) is 16.7. The molecule has 2 heterocycles. The second-order valence-corrected chi connectivity index (χ2v) is 7.00. The van der Waals surface area contributed by atoms with Crippen molar-refractivity contribution in [1.82, 2.24) is 10.2 Å². The number of benzene rings is 1. The van der Waals surface area contributed by atoms with Crippen molar-refractivity contribution >= 4 is 6.03 Å². The van der Waals surface area contributed by atoms with E-state index in [0.29, 0.717) is 6.54 Å². The average molecular weight is 372 g/mol. The third kappa shape index (κ3) is 3.89. The molecule has 0 saturated carbocycles. The fourth-order valence-corrected chi connectivity index (χ4v) is 3.86. The second-order valence-electron chi connectivity index (χ2n) is 7.00. The van der Waals surface area contributed by atoms with Gasteiger partial charge in [0.05, 0.1) is 26.3 Å². The molecule has 1 aromatic carbocycles. The van der Waals surface area contributed by atoms with Gasteiger partial charge in [0.1, 0.15) is 23.0 Å². The molecule has 2 amide bonds. The van der Waals surface area contributed by atoms with Crippen LogP contribution in [0.2, 0.25) is 0 Å². The minimum absolute atomic E-state index is 0.0329. The van der Waals surface area contributed by atoms with Crippen LogP contribution in [0.3, 0.4) is 0 Å². The molecule has 0 bridgehead atoms. The molecular formula is C21H28N2O4. The molecule has 27 heavy (non-hydrogen) atoms. The fraction of sp³-hybridized carbons (Fsp3) is 0.476. The second kappa shape index (κ2) is 7.94. The predicted molar refractivity (Wildman–Crippen MR) is 103 cm³/mol. The summed E-state index contributed by atoms with van der Waals surface area (Å²) in [5.74, 6) is 3.22. The molecule has 2 unspecified atom stereocenters. The molecule has 2 atom stereocenters. The van der Waals surface area contributed by atoms with Gasteiger partial charge in [0.15, 0.2) is 0 Å². The van der Waals surface area contributed by atoms with Crippen LogP contribution in [0.25, 0.3) is 0 Å². The van der Waals surface area contributed by atoms with Crippen molar-refractivity contribution in [3.8, 4) is 11.5 Å². The van der Waals surface area contributed by atoms with Crippen LogP contribution >= 0.6 is 0 Å². The predicted octanol–water partition coefficient (Wildman–Crippen LogP) is 4.52. The van der Waals surface area contributed by atoms with Gasteiger partial charge in [-0.15, -0.1) is 0 Å². The first-order valence-corrected chi connectivity index (χ1v) is 9.30. The number of aryl methyl sites for hydroxylation is 2. The van der Waals surface area contributed by atoms with Crippen molar-refractivity contribution in [2.45, 2.75) is 45.7 Å². The van der Waals surface area contributed by atoms with Crippen LogP contribution in [-0.4, -0.2) is 31.7 Å². The van der Waals surface area contributed by atoms with Gasteiger partial charge >= 0.3 is 6.03 Å². The van der Waals surface area contributed by atoms with E-state index < -0.39 is 0 Å². The van der Waals surface area contributed by atoms with E-state index in [-0.39, 0.29) is 18.1 Å². The number of hydrogen-bond donors (Lipinski definition) is 1. The molecule has 146 valence electrons. The molecule has 0 radical (unpaired) electrons. The van der Waals surface area contributed by atoms with Gasteiger partial charge in [-0.1, -0.05) is 0 Å². The lowest BCUT2D eigenvalue weighted by atomic mass is 10.0. The van der Waals surface area contributed by atoms with Gasteiger partial charge in [-0.25, -0.2) is 4.79 Å². The van der Waals surface area contributed by atoms with Crippen molar-refractivity contribution < 1.29 is 18.7 Å². The standard InChI is InChI=1S/C21H28N2O4/c1-13-11-17(15(3)27-13)14(2)22-21(24)23-10-6-7-19(23)18-12-16(25-4)8-9-20(18)26-5/h8-9,11-12,14,19H,6-7,10H2,1-5H3,(H,22,24). The Labute approximate surface area is 160 Å². The molecule has 1 aromatic heterocycles. The van der Waals surface area contributed by atoms with Gasteiger partial charge in [0, 0.05) is 17.7 Å². The number of amides is 2. The molecular weight excluding hydrogens is 344 g/mol. The van der Waals surface area contributed by atoms with Crippen LogP contribution in [0.15, 0.2) is 28.7 Å². The molecule has 6 heteroatoms. The van der Waals surface area contributed by atoms with Crippen molar-refractivity contribution in [3.05, 3.63) is 46.9 Å². The van der Waals surface area contributed by atoms with E-state index in [2.05, 4.69) is 5.32 Å². The highest BCUT2D eigenvalue weighted by molar-refractivity contribution is 5.76. The van der Waals surface area contributed by atoms with E-state index in [1.165, 1.54) is 0 Å². The minimum Gasteiger partial charge on any atom is -0.497 e. The normalized spacial score (nSPS) is 17.7. The summed E-state index contributed by atoms with van der Waals surface area (Å²) in [7, 11) is 3.29. The van der Waals surface area contributed by atoms with E-state index in [4.69, 9.17) is 13.9 Å². The Balaban J connectivity index is 1.80. The van der Waals surface area contributed by atoms with Gasteiger partial charge in [-0.05, 0) is 57.9 Å². The topological polar surface area (TPSA) is 63.9 Å². The van der Waals surface area contributed by atoms with Gasteiger partial charge in [0.2, 0.25) is 0 Å². The minimum atomic E-state index is -0.122. The van der Waals surface area contributed by atoms with E-state index in [9.17, 15) is 4.79 Å². The highest BCUT2D eigenvalue weighted by Crippen LogP contribution is 2.39. The first kappa shape index (κ1) is 19.1. The zero-order valence-corrected chi connectivity index (χ0v) is 16.7. The summed E-state index contributed by atoms with van der Waals surface area (Å²) in [5, 5.41) is 3.11. The van der Waals surface area contributed by atoms with Gasteiger partial charge in [-0.2, -0.15) is 0 Å². The van der Waals surface area contributed by atoms with Gasteiger partial charge in [0.25, 0.3) is 0 Å². The van der Waals surface area contributed by atoms with E-state index >= 15 is 0 Å². The van der Waals surface area contributed by atoms with Crippen LogP contribution in [0, 0.1) is 13.8 Å². The highest BCUT2D eigenvalue weighted by atomic mass is 16.5. The Bertz CT molecular complexity index is 815. The van der Waals surface area contributed by atoms with Crippen LogP contribution < -0.4 is 14.8 Å². The summed E-state index contributed by atoms with van der Waals surface area (Å²) >= 11 is 0. The molecule has 6 nitrogen and oxygen atoms in total. The number of likely N-dealkylation sites (tertiary alicyclic amines) is 1. The summed E-state index contributed by atoms with van der Waals surface area (Å²) < 4.78 is 16.5. The third-order valence-corrected chi connectivity index (χ3v) is 5.20. The van der Waals surface area contributed by atoms with E-state index in [1.54, 1.807) is 14.2 Å². The average Bonchev–Trinajstić information content (AvgIpc) is 3.27. The van der Waals surface area contributed by atoms with Crippen molar-refractivity contribution in [3.63, 3.8) is 0 Å². The number of carbonyl (C=O) groups is 1. The summed E-state index contributed by atoms with van der Waals surface area (Å²) in [6.45, 7) is 6.53. The monoisotopic (exact) mass is 372 g/mol. The number of urea groups is 1. The molecule has 1 N–H and O–H groups in total. The largest absolute Gasteiger partial charge is 0.497 e. The zero-order chi connectivity index (χ0) is 19.6. The fourth-order valence-electron chi connectivity index (χ4n) is 3.86. The number of hydrogen-bond acceptors (Lipinski definition) is 4. The highest BCUT2D eigenvalue weighted by Gasteiger charge is 2.33. The lowest BCUT2D eigenvalue weighted by molar-refractivity contribution is 0.188. The smallest absolute Gasteiger partial charge is 0.318 e. The maximum absolute atomic E-state index is 13.0. The van der Waals surface area contributed by atoms with Crippen LogP contribution in [-0.2, 0) is 0 Å². The number of ether oxygens (including phenoxy) is 2. The molecule has 1 aliphatic heterocycles. The lowest BCUT2D eigenvalue weighted by Gasteiger charge is -2.28. The van der Waals surface area contributed by atoms with Crippen molar-refractivity contribution in [2.24, 2.45) is 0 Å². The summed E-state index contributed by atoms with van der Waals surface area (Å²) in [5.41, 5.74) is 1.99. The third-order valence-electron chi connectivity index (χ3n) is 5.20. The lowest BCUT2D eigenvalue weighted by Crippen LogP contribution is -2.40. The maximum Gasteiger partial charge on any atom is 0.318 e. The SMILES string of the molecule is COc1ccc(OC)c(C2CCCN2C(=O)NC(C)c2cc(C)oc2C)c1.